The molecule has 1 aromatic carbocycles. The number of hydrogen-bond acceptors (Lipinski definition) is 2. The molecule has 0 bridgehead atoms. The number of halogens is 2. The third-order valence-electron chi connectivity index (χ3n) is 3.62. The van der Waals surface area contributed by atoms with E-state index in [4.69, 9.17) is 5.11 Å². The number of nitrogens with zero attached hydrogens (tertiary/aromatic N) is 1. The van der Waals surface area contributed by atoms with Crippen LogP contribution in [0.25, 0.3) is 0 Å². The SMILES string of the molecule is CC(CC(=O)N(CCO)C1CC1)c1ccc(F)cc1F. The van der Waals surface area contributed by atoms with Gasteiger partial charge >= 0.3 is 0 Å². The zero-order chi connectivity index (χ0) is 14.7. The van der Waals surface area contributed by atoms with Gasteiger partial charge in [-0.25, -0.2) is 8.78 Å². The number of hydrogen-bond donors (Lipinski definition) is 1. The normalized spacial score (nSPS) is 16.0. The van der Waals surface area contributed by atoms with Crippen molar-refractivity contribution in [3.05, 3.63) is 35.4 Å². The van der Waals surface area contributed by atoms with E-state index in [9.17, 15) is 13.6 Å². The molecule has 5 heteroatoms. The maximum absolute atomic E-state index is 13.7. The second-order valence-electron chi connectivity index (χ2n) is 5.31. The number of aliphatic hydroxyl groups is 1. The molecule has 110 valence electrons. The maximum Gasteiger partial charge on any atom is 0.223 e. The van der Waals surface area contributed by atoms with E-state index in [2.05, 4.69) is 0 Å². The van der Waals surface area contributed by atoms with Crippen LogP contribution in [-0.2, 0) is 4.79 Å². The first-order valence-corrected chi connectivity index (χ1v) is 6.88. The molecule has 1 saturated carbocycles. The van der Waals surface area contributed by atoms with Crippen LogP contribution in [0.3, 0.4) is 0 Å². The minimum absolute atomic E-state index is 0.0679. The van der Waals surface area contributed by atoms with Crippen LogP contribution in [0.1, 0.15) is 37.7 Å². The molecule has 1 unspecified atom stereocenters. The van der Waals surface area contributed by atoms with E-state index >= 15 is 0 Å². The van der Waals surface area contributed by atoms with E-state index in [1.165, 1.54) is 12.1 Å². The van der Waals surface area contributed by atoms with Gasteiger partial charge in [0, 0.05) is 25.1 Å². The van der Waals surface area contributed by atoms with Gasteiger partial charge in [-0.05, 0) is 30.4 Å². The third kappa shape index (κ3) is 3.54. The van der Waals surface area contributed by atoms with Crippen molar-refractivity contribution in [2.75, 3.05) is 13.2 Å². The lowest BCUT2D eigenvalue weighted by Crippen LogP contribution is -2.36. The van der Waals surface area contributed by atoms with Crippen LogP contribution in [0.5, 0.6) is 0 Å². The van der Waals surface area contributed by atoms with Gasteiger partial charge in [0.2, 0.25) is 5.91 Å². The molecule has 1 atom stereocenters. The molecule has 1 fully saturated rings. The highest BCUT2D eigenvalue weighted by molar-refractivity contribution is 5.77. The predicted molar refractivity (Wildman–Crippen MR) is 71.2 cm³/mol. The number of carbonyl (C=O) groups excluding carboxylic acids is 1. The Morgan fingerprint density at radius 1 is 1.45 bits per heavy atom. The van der Waals surface area contributed by atoms with Crippen molar-refractivity contribution in [3.63, 3.8) is 0 Å². The minimum Gasteiger partial charge on any atom is -0.395 e. The summed E-state index contributed by atoms with van der Waals surface area (Å²) in [7, 11) is 0. The lowest BCUT2D eigenvalue weighted by molar-refractivity contribution is -0.132. The number of benzene rings is 1. The van der Waals surface area contributed by atoms with Gasteiger partial charge in [0.05, 0.1) is 6.61 Å². The van der Waals surface area contributed by atoms with Gasteiger partial charge in [-0.3, -0.25) is 4.79 Å². The van der Waals surface area contributed by atoms with E-state index in [1.807, 2.05) is 0 Å². The van der Waals surface area contributed by atoms with Crippen molar-refractivity contribution in [1.29, 1.82) is 0 Å². The Balaban J connectivity index is 2.02. The lowest BCUT2D eigenvalue weighted by atomic mass is 9.96. The number of carbonyl (C=O) groups is 1. The van der Waals surface area contributed by atoms with Crippen molar-refractivity contribution < 1.29 is 18.7 Å². The molecular formula is C15H19F2NO2. The van der Waals surface area contributed by atoms with Gasteiger partial charge in [-0.2, -0.15) is 0 Å². The standard InChI is InChI=1S/C15H19F2NO2/c1-10(13-5-2-11(16)9-14(13)17)8-15(20)18(6-7-19)12-3-4-12/h2,5,9-10,12,19H,3-4,6-8H2,1H3. The fraction of sp³-hybridized carbons (Fsp3) is 0.533. The summed E-state index contributed by atoms with van der Waals surface area (Å²) in [5, 5.41) is 8.99. The first-order valence-electron chi connectivity index (χ1n) is 6.88. The Kier molecular flexibility index (Phi) is 4.70. The minimum atomic E-state index is -0.621. The van der Waals surface area contributed by atoms with Crippen molar-refractivity contribution in [2.45, 2.75) is 38.1 Å². The molecule has 1 amide bonds. The van der Waals surface area contributed by atoms with Gasteiger partial charge in [0.1, 0.15) is 11.6 Å². The zero-order valence-corrected chi connectivity index (χ0v) is 11.5. The summed E-state index contributed by atoms with van der Waals surface area (Å²) in [5.41, 5.74) is 0.347. The van der Waals surface area contributed by atoms with E-state index in [1.54, 1.807) is 11.8 Å². The molecule has 1 aromatic rings. The van der Waals surface area contributed by atoms with Crippen molar-refractivity contribution in [3.8, 4) is 0 Å². The average Bonchev–Trinajstić information content (AvgIpc) is 3.19. The molecule has 1 N–H and O–H groups in total. The molecule has 3 nitrogen and oxygen atoms in total. The molecule has 0 saturated heterocycles. The van der Waals surface area contributed by atoms with Gasteiger partial charge in [0.15, 0.2) is 0 Å². The van der Waals surface area contributed by atoms with Gasteiger partial charge in [0.25, 0.3) is 0 Å². The second kappa shape index (κ2) is 6.31. The molecule has 20 heavy (non-hydrogen) atoms. The number of amides is 1. The van der Waals surface area contributed by atoms with Crippen LogP contribution < -0.4 is 0 Å². The molecule has 1 aliphatic carbocycles. The van der Waals surface area contributed by atoms with E-state index in [-0.39, 0.29) is 30.9 Å². The Morgan fingerprint density at radius 2 is 2.15 bits per heavy atom. The van der Waals surface area contributed by atoms with Gasteiger partial charge in [-0.1, -0.05) is 13.0 Å². The van der Waals surface area contributed by atoms with E-state index < -0.39 is 11.6 Å². The highest BCUT2D eigenvalue weighted by Gasteiger charge is 2.32. The van der Waals surface area contributed by atoms with Crippen LogP contribution in [0.4, 0.5) is 8.78 Å². The lowest BCUT2D eigenvalue weighted by Gasteiger charge is -2.23. The molecular weight excluding hydrogens is 264 g/mol. The molecule has 2 rings (SSSR count). The van der Waals surface area contributed by atoms with E-state index in [0.717, 1.165) is 18.9 Å². The summed E-state index contributed by atoms with van der Waals surface area (Å²) in [6.45, 7) is 2.00. The smallest absolute Gasteiger partial charge is 0.223 e. The van der Waals surface area contributed by atoms with Crippen LogP contribution in [0.15, 0.2) is 18.2 Å². The fourth-order valence-corrected chi connectivity index (χ4v) is 2.40. The highest BCUT2D eigenvalue weighted by atomic mass is 19.1. The quantitative estimate of drug-likeness (QED) is 0.871. The summed E-state index contributed by atoms with van der Waals surface area (Å²) in [4.78, 5) is 13.9. The molecule has 1 aliphatic rings. The summed E-state index contributed by atoms with van der Waals surface area (Å²) in [6.07, 6.45) is 2.09. The Hall–Kier alpha value is -1.49. The Morgan fingerprint density at radius 3 is 2.70 bits per heavy atom. The monoisotopic (exact) mass is 283 g/mol. The average molecular weight is 283 g/mol. The van der Waals surface area contributed by atoms with Crippen molar-refractivity contribution >= 4 is 5.91 Å². The largest absolute Gasteiger partial charge is 0.395 e. The summed E-state index contributed by atoms with van der Waals surface area (Å²) < 4.78 is 26.5. The zero-order valence-electron chi connectivity index (χ0n) is 11.5. The molecule has 0 aromatic heterocycles. The fourth-order valence-electron chi connectivity index (χ4n) is 2.40. The summed E-state index contributed by atoms with van der Waals surface area (Å²) >= 11 is 0. The van der Waals surface area contributed by atoms with Crippen molar-refractivity contribution in [1.82, 2.24) is 4.90 Å². The number of rotatable bonds is 6. The van der Waals surface area contributed by atoms with Crippen LogP contribution in [-0.4, -0.2) is 35.1 Å². The summed E-state index contributed by atoms with van der Waals surface area (Å²) in [5.74, 6) is -1.64. The molecule has 0 spiro atoms. The molecule has 0 aliphatic heterocycles. The molecule has 0 heterocycles. The summed E-state index contributed by atoms with van der Waals surface area (Å²) in [6, 6.07) is 3.64. The maximum atomic E-state index is 13.7. The highest BCUT2D eigenvalue weighted by Crippen LogP contribution is 2.29. The molecule has 0 radical (unpaired) electrons. The Bertz CT molecular complexity index is 489. The topological polar surface area (TPSA) is 40.5 Å². The number of aliphatic hydroxyl groups excluding tert-OH is 1. The Labute approximate surface area is 117 Å². The van der Waals surface area contributed by atoms with Crippen LogP contribution in [0, 0.1) is 11.6 Å². The first kappa shape index (κ1) is 14.9. The van der Waals surface area contributed by atoms with Gasteiger partial charge in [-0.15, -0.1) is 0 Å². The van der Waals surface area contributed by atoms with Crippen LogP contribution >= 0.6 is 0 Å². The van der Waals surface area contributed by atoms with Crippen LogP contribution in [0.2, 0.25) is 0 Å². The van der Waals surface area contributed by atoms with Gasteiger partial charge < -0.3 is 10.0 Å². The van der Waals surface area contributed by atoms with E-state index in [0.29, 0.717) is 12.1 Å². The predicted octanol–water partition coefficient (Wildman–Crippen LogP) is 2.44. The second-order valence-corrected chi connectivity index (χ2v) is 5.31. The van der Waals surface area contributed by atoms with Crippen molar-refractivity contribution in [2.24, 2.45) is 0 Å². The first-order chi connectivity index (χ1) is 9.52. The third-order valence-corrected chi connectivity index (χ3v) is 3.62.